The van der Waals surface area contributed by atoms with Crippen molar-refractivity contribution in [2.75, 3.05) is 0 Å². The van der Waals surface area contributed by atoms with Gasteiger partial charge in [0, 0.05) is 57.5 Å². The van der Waals surface area contributed by atoms with Crippen LogP contribution in [0, 0.1) is 11.3 Å². The average molecular weight is 727 g/mol. The van der Waals surface area contributed by atoms with Crippen LogP contribution in [0.25, 0.3) is 110 Å². The zero-order chi connectivity index (χ0) is 37.9. The van der Waals surface area contributed by atoms with Crippen molar-refractivity contribution in [3.05, 3.63) is 188 Å². The Kier molecular flexibility index (Phi) is 7.48. The van der Waals surface area contributed by atoms with Crippen LogP contribution in [0.5, 0.6) is 0 Å². The highest BCUT2D eigenvalue weighted by Crippen LogP contribution is 2.44. The summed E-state index contributed by atoms with van der Waals surface area (Å²) in [5.74, 6) is 0. The van der Waals surface area contributed by atoms with Crippen LogP contribution in [0.2, 0.25) is 0 Å². The van der Waals surface area contributed by atoms with Gasteiger partial charge in [0.05, 0.1) is 23.0 Å². The van der Waals surface area contributed by atoms with Crippen LogP contribution >= 0.6 is 0 Å². The van der Waals surface area contributed by atoms with E-state index in [2.05, 4.69) is 119 Å². The van der Waals surface area contributed by atoms with Gasteiger partial charge in [-0.05, 0) is 116 Å². The lowest BCUT2D eigenvalue weighted by Gasteiger charge is -2.13. The van der Waals surface area contributed by atoms with E-state index in [4.69, 9.17) is 9.40 Å². The van der Waals surface area contributed by atoms with Gasteiger partial charge < -0.3 is 4.42 Å². The van der Waals surface area contributed by atoms with Gasteiger partial charge in [0.2, 0.25) is 0 Å². The lowest BCUT2D eigenvalue weighted by Crippen LogP contribution is -1.92. The van der Waals surface area contributed by atoms with E-state index in [0.717, 1.165) is 105 Å². The lowest BCUT2D eigenvalue weighted by molar-refractivity contribution is 0.673. The Hall–Kier alpha value is -7.94. The number of nitrogens with zero attached hydrogens (tertiary/aromatic N) is 4. The third-order valence-corrected chi connectivity index (χ3v) is 11.1. The third-order valence-electron chi connectivity index (χ3n) is 11.1. The van der Waals surface area contributed by atoms with Crippen molar-refractivity contribution in [1.29, 1.82) is 5.26 Å². The van der Waals surface area contributed by atoms with Crippen molar-refractivity contribution in [2.24, 2.45) is 0 Å². The van der Waals surface area contributed by atoms with Crippen molar-refractivity contribution in [3.63, 3.8) is 0 Å². The standard InChI is InChI=1S/C52H30N4O/c53-29-36-19-20-41(42-10-2-1-9-40(36)42)33-15-13-32(14-16-33)34-17-21-43-44-22-18-35(26-47(44)52-51(46(43)25-34)45-11-3-4-12-50(45)57-52)39-27-48(37-7-5-23-54-30-37)56-49(28-39)38-8-6-24-55-31-38/h1-28,30-31H. The molecule has 0 saturated heterocycles. The second kappa shape index (κ2) is 13.1. The van der Waals surface area contributed by atoms with E-state index in [1.807, 2.05) is 67.0 Å². The molecule has 0 atom stereocenters. The minimum atomic E-state index is 0.686. The predicted octanol–water partition coefficient (Wildman–Crippen LogP) is 13.4. The fourth-order valence-electron chi connectivity index (χ4n) is 8.33. The Labute approximate surface area is 327 Å². The third kappa shape index (κ3) is 5.43. The number of hydrogen-bond acceptors (Lipinski definition) is 5. The molecule has 7 aromatic carbocycles. The molecule has 11 rings (SSSR count). The number of benzene rings is 7. The fraction of sp³-hybridized carbons (Fsp3) is 0. The zero-order valence-corrected chi connectivity index (χ0v) is 30.5. The maximum atomic E-state index is 9.69. The van der Waals surface area contributed by atoms with E-state index in [-0.39, 0.29) is 0 Å². The van der Waals surface area contributed by atoms with Gasteiger partial charge in [-0.3, -0.25) is 9.97 Å². The summed E-state index contributed by atoms with van der Waals surface area (Å²) in [6, 6.07) is 57.2. The van der Waals surface area contributed by atoms with Crippen LogP contribution in [0.3, 0.4) is 0 Å². The highest BCUT2D eigenvalue weighted by molar-refractivity contribution is 6.31. The zero-order valence-electron chi connectivity index (χ0n) is 30.5. The van der Waals surface area contributed by atoms with E-state index in [9.17, 15) is 5.26 Å². The number of furan rings is 1. The molecule has 4 aromatic heterocycles. The average Bonchev–Trinajstić information content (AvgIpc) is 3.69. The molecule has 5 nitrogen and oxygen atoms in total. The summed E-state index contributed by atoms with van der Waals surface area (Å²) in [4.78, 5) is 13.8. The highest BCUT2D eigenvalue weighted by atomic mass is 16.3. The van der Waals surface area contributed by atoms with Crippen LogP contribution in [0.4, 0.5) is 0 Å². The Morgan fingerprint density at radius 1 is 0.421 bits per heavy atom. The molecule has 4 heterocycles. The van der Waals surface area contributed by atoms with Crippen LogP contribution in [0.1, 0.15) is 5.56 Å². The van der Waals surface area contributed by atoms with Crippen LogP contribution in [-0.2, 0) is 0 Å². The Bertz CT molecular complexity index is 3340. The fourth-order valence-corrected chi connectivity index (χ4v) is 8.33. The van der Waals surface area contributed by atoms with E-state index in [1.165, 1.54) is 5.39 Å². The predicted molar refractivity (Wildman–Crippen MR) is 232 cm³/mol. The Morgan fingerprint density at radius 2 is 1.02 bits per heavy atom. The van der Waals surface area contributed by atoms with E-state index < -0.39 is 0 Å². The van der Waals surface area contributed by atoms with E-state index in [1.54, 1.807) is 12.4 Å². The van der Waals surface area contributed by atoms with Gasteiger partial charge in [-0.2, -0.15) is 5.26 Å². The largest absolute Gasteiger partial charge is 0.455 e. The second-order valence-corrected chi connectivity index (χ2v) is 14.3. The molecule has 0 amide bonds. The summed E-state index contributed by atoms with van der Waals surface area (Å²) in [6.07, 6.45) is 7.26. The van der Waals surface area contributed by atoms with Crippen molar-refractivity contribution in [2.45, 2.75) is 0 Å². The number of fused-ring (bicyclic) bond motifs is 9. The quantitative estimate of drug-likeness (QED) is 0.165. The topological polar surface area (TPSA) is 75.6 Å². The number of aromatic nitrogens is 3. The first-order chi connectivity index (χ1) is 28.2. The summed E-state index contributed by atoms with van der Waals surface area (Å²) < 4.78 is 6.76. The molecule has 0 saturated carbocycles. The van der Waals surface area contributed by atoms with Crippen molar-refractivity contribution in [1.82, 2.24) is 15.0 Å². The first kappa shape index (κ1) is 32.5. The SMILES string of the molecule is N#Cc1ccc(-c2ccc(-c3ccc4c5ccc(-c6cc(-c7cccnc7)nc(-c7cccnc7)c6)cc5c5oc6ccccc6c5c4c3)cc2)c2ccccc12. The van der Waals surface area contributed by atoms with Crippen molar-refractivity contribution < 1.29 is 4.42 Å². The molecule has 0 aliphatic rings. The van der Waals surface area contributed by atoms with Crippen LogP contribution in [0.15, 0.2) is 187 Å². The van der Waals surface area contributed by atoms with E-state index >= 15 is 0 Å². The number of nitriles is 1. The summed E-state index contributed by atoms with van der Waals surface area (Å²) >= 11 is 0. The number of pyridine rings is 3. The number of para-hydroxylation sites is 1. The van der Waals surface area contributed by atoms with Gasteiger partial charge in [0.1, 0.15) is 11.2 Å². The van der Waals surface area contributed by atoms with Gasteiger partial charge in [-0.25, -0.2) is 4.98 Å². The molecule has 57 heavy (non-hydrogen) atoms. The smallest absolute Gasteiger partial charge is 0.143 e. The maximum absolute atomic E-state index is 9.69. The molecule has 0 N–H and O–H groups in total. The van der Waals surface area contributed by atoms with Gasteiger partial charge in [-0.15, -0.1) is 0 Å². The molecule has 0 bridgehead atoms. The van der Waals surface area contributed by atoms with Crippen LogP contribution in [-0.4, -0.2) is 15.0 Å². The van der Waals surface area contributed by atoms with Gasteiger partial charge in [0.25, 0.3) is 0 Å². The minimum absolute atomic E-state index is 0.686. The number of hydrogen-bond donors (Lipinski definition) is 0. The maximum Gasteiger partial charge on any atom is 0.143 e. The van der Waals surface area contributed by atoms with Gasteiger partial charge in [0.15, 0.2) is 0 Å². The summed E-state index contributed by atoms with van der Waals surface area (Å²) in [5, 5.41) is 18.4. The van der Waals surface area contributed by atoms with E-state index in [0.29, 0.717) is 5.56 Å². The number of rotatable bonds is 5. The molecule has 0 spiro atoms. The first-order valence-corrected chi connectivity index (χ1v) is 18.9. The molecular formula is C52H30N4O. The molecule has 11 aromatic rings. The first-order valence-electron chi connectivity index (χ1n) is 18.9. The molecule has 0 aliphatic heterocycles. The summed E-state index contributed by atoms with van der Waals surface area (Å²) in [6.45, 7) is 0. The lowest BCUT2D eigenvalue weighted by atomic mass is 9.91. The van der Waals surface area contributed by atoms with Crippen molar-refractivity contribution >= 4 is 54.3 Å². The monoisotopic (exact) mass is 726 g/mol. The van der Waals surface area contributed by atoms with Crippen LogP contribution < -0.4 is 0 Å². The van der Waals surface area contributed by atoms with Crippen molar-refractivity contribution in [3.8, 4) is 62.0 Å². The van der Waals surface area contributed by atoms with Gasteiger partial charge in [-0.1, -0.05) is 97.1 Å². The molecule has 0 aliphatic carbocycles. The van der Waals surface area contributed by atoms with Gasteiger partial charge >= 0.3 is 0 Å². The molecule has 5 heteroatoms. The summed E-state index contributed by atoms with van der Waals surface area (Å²) in [7, 11) is 0. The highest BCUT2D eigenvalue weighted by Gasteiger charge is 2.18. The Balaban J connectivity index is 1.07. The minimum Gasteiger partial charge on any atom is -0.455 e. The molecule has 264 valence electrons. The molecular weight excluding hydrogens is 697 g/mol. The molecule has 0 radical (unpaired) electrons. The molecule has 0 fully saturated rings. The summed E-state index contributed by atoms with van der Waals surface area (Å²) in [5.41, 5.74) is 12.6. The molecule has 0 unspecified atom stereocenters. The normalized spacial score (nSPS) is 11.5. The second-order valence-electron chi connectivity index (χ2n) is 14.3. The Morgan fingerprint density at radius 3 is 1.70 bits per heavy atom.